The van der Waals surface area contributed by atoms with Crippen LogP contribution in [0.4, 0.5) is 0 Å². The zero-order valence-corrected chi connectivity index (χ0v) is 12.1. The predicted octanol–water partition coefficient (Wildman–Crippen LogP) is 2.34. The molecule has 1 aliphatic heterocycles. The second-order valence-corrected chi connectivity index (χ2v) is 5.07. The van der Waals surface area contributed by atoms with Crippen molar-refractivity contribution >= 4 is 11.9 Å². The maximum atomic E-state index is 12.6. The Morgan fingerprint density at radius 2 is 1.55 bits per heavy atom. The van der Waals surface area contributed by atoms with Crippen molar-refractivity contribution in [1.29, 1.82) is 0 Å². The largest absolute Gasteiger partial charge is 0.337 e. The monoisotopic (exact) mass is 296 g/mol. The molecule has 0 saturated carbocycles. The number of carbonyl (C=O) groups excluding carboxylic acids is 2. The summed E-state index contributed by atoms with van der Waals surface area (Å²) in [5.41, 5.74) is 1.69. The maximum Gasteiger partial charge on any atom is 0.329 e. The third-order valence-electron chi connectivity index (χ3n) is 3.50. The highest BCUT2D eigenvalue weighted by Gasteiger charge is 2.42. The van der Waals surface area contributed by atoms with E-state index in [4.69, 9.17) is 4.84 Å². The van der Waals surface area contributed by atoms with Crippen LogP contribution in [0.25, 0.3) is 0 Å². The molecule has 2 atom stereocenters. The van der Waals surface area contributed by atoms with Crippen LogP contribution < -0.4 is 5.32 Å². The summed E-state index contributed by atoms with van der Waals surface area (Å²) in [5, 5.41) is 4.35. The van der Waals surface area contributed by atoms with E-state index in [0.29, 0.717) is 0 Å². The summed E-state index contributed by atoms with van der Waals surface area (Å²) < 4.78 is 0. The highest BCUT2D eigenvalue weighted by Crippen LogP contribution is 2.32. The Hall–Kier alpha value is -2.66. The number of hydrogen-bond acceptors (Lipinski definition) is 4. The predicted molar refractivity (Wildman–Crippen MR) is 80.1 cm³/mol. The van der Waals surface area contributed by atoms with Gasteiger partial charge in [-0.2, -0.15) is 0 Å². The average Bonchev–Trinajstić information content (AvgIpc) is 2.86. The summed E-state index contributed by atoms with van der Waals surface area (Å²) in [5.74, 6) is -0.806. The minimum absolute atomic E-state index is 0.282. The number of nitrogens with one attached hydrogen (secondary N) is 1. The molecule has 0 aliphatic carbocycles. The summed E-state index contributed by atoms with van der Waals surface area (Å²) in [6, 6.07) is 18.3. The van der Waals surface area contributed by atoms with Crippen LogP contribution in [0.15, 0.2) is 60.7 Å². The van der Waals surface area contributed by atoms with E-state index < -0.39 is 18.2 Å². The summed E-state index contributed by atoms with van der Waals surface area (Å²) in [6.45, 7) is 1.28. The minimum atomic E-state index is -0.536. The summed E-state index contributed by atoms with van der Waals surface area (Å²) in [4.78, 5) is 29.1. The van der Waals surface area contributed by atoms with Gasteiger partial charge in [0.25, 0.3) is 5.91 Å². The fourth-order valence-electron chi connectivity index (χ4n) is 2.54. The van der Waals surface area contributed by atoms with Crippen LogP contribution in [0, 0.1) is 0 Å². The minimum Gasteiger partial charge on any atom is -0.337 e. The molecule has 1 N–H and O–H groups in total. The van der Waals surface area contributed by atoms with Crippen molar-refractivity contribution in [1.82, 2.24) is 10.4 Å². The van der Waals surface area contributed by atoms with Gasteiger partial charge < -0.3 is 4.84 Å². The first-order valence-corrected chi connectivity index (χ1v) is 7.04. The average molecular weight is 296 g/mol. The van der Waals surface area contributed by atoms with Gasteiger partial charge in [0.05, 0.1) is 0 Å². The molecule has 0 aromatic heterocycles. The number of rotatable bonds is 3. The molecular weight excluding hydrogens is 280 g/mol. The molecule has 112 valence electrons. The molecular formula is C17H16N2O3. The van der Waals surface area contributed by atoms with Gasteiger partial charge >= 0.3 is 5.97 Å². The fraction of sp³-hybridized carbons (Fsp3) is 0.176. The van der Waals surface area contributed by atoms with Crippen molar-refractivity contribution in [3.05, 3.63) is 71.8 Å². The van der Waals surface area contributed by atoms with Crippen LogP contribution in [0.1, 0.15) is 30.3 Å². The molecule has 1 saturated heterocycles. The van der Waals surface area contributed by atoms with Crippen LogP contribution in [0.2, 0.25) is 0 Å². The Labute approximate surface area is 128 Å². The highest BCUT2D eigenvalue weighted by atomic mass is 16.7. The Bertz CT molecular complexity index is 673. The number of carbonyl (C=O) groups is 2. The van der Waals surface area contributed by atoms with Crippen LogP contribution in [0.3, 0.4) is 0 Å². The molecule has 2 aromatic carbocycles. The van der Waals surface area contributed by atoms with Crippen molar-refractivity contribution in [2.75, 3.05) is 0 Å². The molecule has 0 unspecified atom stereocenters. The Balaban J connectivity index is 1.94. The lowest BCUT2D eigenvalue weighted by Gasteiger charge is -2.21. The van der Waals surface area contributed by atoms with Gasteiger partial charge in [-0.3, -0.25) is 14.9 Å². The van der Waals surface area contributed by atoms with Crippen molar-refractivity contribution in [3.8, 4) is 0 Å². The first kappa shape index (κ1) is 14.3. The van der Waals surface area contributed by atoms with Crippen LogP contribution in [-0.4, -0.2) is 16.9 Å². The molecule has 0 radical (unpaired) electrons. The van der Waals surface area contributed by atoms with Gasteiger partial charge in [-0.1, -0.05) is 60.7 Å². The van der Waals surface area contributed by atoms with Gasteiger partial charge in [0.2, 0.25) is 0 Å². The Morgan fingerprint density at radius 3 is 2.09 bits per heavy atom. The molecule has 1 aliphatic rings. The molecule has 0 bridgehead atoms. The summed E-state index contributed by atoms with van der Waals surface area (Å²) in [6.07, 6.45) is -0.497. The maximum absolute atomic E-state index is 12.6. The van der Waals surface area contributed by atoms with E-state index in [0.717, 1.165) is 16.2 Å². The summed E-state index contributed by atoms with van der Waals surface area (Å²) >= 11 is 0. The van der Waals surface area contributed by atoms with Crippen molar-refractivity contribution in [2.45, 2.75) is 19.1 Å². The Kier molecular flexibility index (Phi) is 3.89. The molecule has 3 rings (SSSR count). The van der Waals surface area contributed by atoms with Crippen LogP contribution >= 0.6 is 0 Å². The highest BCUT2D eigenvalue weighted by molar-refractivity contribution is 5.86. The van der Waals surface area contributed by atoms with E-state index in [1.807, 2.05) is 60.7 Å². The quantitative estimate of drug-likeness (QED) is 0.944. The molecule has 2 aromatic rings. The topological polar surface area (TPSA) is 58.6 Å². The smallest absolute Gasteiger partial charge is 0.329 e. The fourth-order valence-corrected chi connectivity index (χ4v) is 2.54. The van der Waals surface area contributed by atoms with Crippen molar-refractivity contribution < 1.29 is 14.4 Å². The first-order valence-electron chi connectivity index (χ1n) is 7.04. The van der Waals surface area contributed by atoms with Crippen LogP contribution in [0.5, 0.6) is 0 Å². The third kappa shape index (κ3) is 2.71. The van der Waals surface area contributed by atoms with E-state index in [1.54, 1.807) is 0 Å². The number of hydrogen-bond donors (Lipinski definition) is 1. The lowest BCUT2D eigenvalue weighted by atomic mass is 10.1. The number of hydroxylamine groups is 2. The molecule has 1 heterocycles. The lowest BCUT2D eigenvalue weighted by molar-refractivity contribution is -0.200. The van der Waals surface area contributed by atoms with E-state index in [-0.39, 0.29) is 5.91 Å². The molecule has 22 heavy (non-hydrogen) atoms. The Morgan fingerprint density at radius 1 is 1.00 bits per heavy atom. The zero-order valence-electron chi connectivity index (χ0n) is 12.1. The van der Waals surface area contributed by atoms with Gasteiger partial charge in [-0.05, 0) is 11.1 Å². The standard InChI is InChI=1S/C17H16N2O3/c1-12(20)22-19-16(14-10-6-3-7-11-14)18-15(17(19)21)13-8-4-2-5-9-13/h2-11,15-16,18H,1H3/t15-,16+/m0/s1. The number of nitrogens with zero attached hydrogens (tertiary/aromatic N) is 1. The van der Waals surface area contributed by atoms with E-state index in [9.17, 15) is 9.59 Å². The van der Waals surface area contributed by atoms with E-state index in [1.165, 1.54) is 6.92 Å². The van der Waals surface area contributed by atoms with Gasteiger partial charge in [0, 0.05) is 6.92 Å². The normalized spacial score (nSPS) is 21.0. The zero-order chi connectivity index (χ0) is 15.5. The van der Waals surface area contributed by atoms with E-state index in [2.05, 4.69) is 5.32 Å². The van der Waals surface area contributed by atoms with Gasteiger partial charge in [-0.15, -0.1) is 5.06 Å². The van der Waals surface area contributed by atoms with Gasteiger partial charge in [0.15, 0.2) is 0 Å². The van der Waals surface area contributed by atoms with E-state index >= 15 is 0 Å². The SMILES string of the molecule is CC(=O)ON1C(=O)[C@H](c2ccccc2)N[C@H]1c1ccccc1. The second kappa shape index (κ2) is 5.99. The van der Waals surface area contributed by atoms with Crippen LogP contribution in [-0.2, 0) is 14.4 Å². The first-order chi connectivity index (χ1) is 10.7. The lowest BCUT2D eigenvalue weighted by Crippen LogP contribution is -2.32. The second-order valence-electron chi connectivity index (χ2n) is 5.07. The summed E-state index contributed by atoms with van der Waals surface area (Å²) in [7, 11) is 0. The molecule has 5 heteroatoms. The van der Waals surface area contributed by atoms with Gasteiger partial charge in [0.1, 0.15) is 12.2 Å². The number of amides is 1. The van der Waals surface area contributed by atoms with Gasteiger partial charge in [-0.25, -0.2) is 0 Å². The molecule has 1 fully saturated rings. The molecule has 1 amide bonds. The van der Waals surface area contributed by atoms with Crippen molar-refractivity contribution in [3.63, 3.8) is 0 Å². The molecule has 5 nitrogen and oxygen atoms in total. The molecule has 0 spiro atoms. The third-order valence-corrected chi connectivity index (χ3v) is 3.50. The van der Waals surface area contributed by atoms with Crippen molar-refractivity contribution in [2.24, 2.45) is 0 Å². The number of benzene rings is 2.